The Labute approximate surface area is 109 Å². The molecule has 0 saturated carbocycles. The van der Waals surface area contributed by atoms with E-state index in [1.54, 1.807) is 6.07 Å². The number of ether oxygens (including phenoxy) is 2. The van der Waals surface area contributed by atoms with Gasteiger partial charge in [-0.3, -0.25) is 0 Å². The molecular formula is C13H14N2O4. The minimum atomic E-state index is -0.584. The van der Waals surface area contributed by atoms with Crippen LogP contribution in [-0.4, -0.2) is 22.5 Å². The van der Waals surface area contributed by atoms with Crippen LogP contribution in [0.1, 0.15) is 19.4 Å². The maximum atomic E-state index is 11.8. The standard InChI is InChI=1S/C13H14N2O4/c1-8(2)18-12-14-15(13(16)19-12)10-5-3-4-9-6-7-17-11(9)10/h3-5,8H,6-7H2,1-2H3. The summed E-state index contributed by atoms with van der Waals surface area (Å²) in [5.74, 6) is 0.105. The van der Waals surface area contributed by atoms with E-state index in [9.17, 15) is 4.79 Å². The SMILES string of the molecule is CC(C)Oc1nn(-c2cccc3c2OCC3)c(=O)o1. The third-order valence-corrected chi connectivity index (χ3v) is 2.79. The molecule has 0 atom stereocenters. The highest BCUT2D eigenvalue weighted by molar-refractivity contribution is 5.53. The lowest BCUT2D eigenvalue weighted by Gasteiger charge is -2.05. The summed E-state index contributed by atoms with van der Waals surface area (Å²) in [6.07, 6.45) is 0.699. The van der Waals surface area contributed by atoms with E-state index in [-0.39, 0.29) is 12.2 Å². The number of hydrogen-bond donors (Lipinski definition) is 0. The lowest BCUT2D eigenvalue weighted by atomic mass is 10.1. The van der Waals surface area contributed by atoms with Crippen LogP contribution in [0.5, 0.6) is 11.8 Å². The molecule has 2 aromatic rings. The van der Waals surface area contributed by atoms with Crippen LogP contribution in [0.15, 0.2) is 27.4 Å². The molecule has 2 heterocycles. The third kappa shape index (κ3) is 2.09. The average molecular weight is 262 g/mol. The smallest absolute Gasteiger partial charge is 0.444 e. The van der Waals surface area contributed by atoms with Crippen LogP contribution < -0.4 is 15.2 Å². The van der Waals surface area contributed by atoms with E-state index in [0.717, 1.165) is 12.0 Å². The van der Waals surface area contributed by atoms with Crippen LogP contribution in [0.3, 0.4) is 0 Å². The number of rotatable bonds is 3. The first-order valence-electron chi connectivity index (χ1n) is 6.17. The van der Waals surface area contributed by atoms with Gasteiger partial charge in [0.15, 0.2) is 0 Å². The van der Waals surface area contributed by atoms with Gasteiger partial charge in [-0.15, -0.1) is 0 Å². The van der Waals surface area contributed by atoms with E-state index in [1.165, 1.54) is 4.68 Å². The molecule has 0 radical (unpaired) electrons. The highest BCUT2D eigenvalue weighted by Gasteiger charge is 2.21. The highest BCUT2D eigenvalue weighted by atomic mass is 16.6. The van der Waals surface area contributed by atoms with Gasteiger partial charge in [0.05, 0.1) is 12.7 Å². The van der Waals surface area contributed by atoms with Crippen LogP contribution >= 0.6 is 0 Å². The lowest BCUT2D eigenvalue weighted by molar-refractivity contribution is 0.172. The van der Waals surface area contributed by atoms with Gasteiger partial charge in [0.2, 0.25) is 0 Å². The molecule has 0 fully saturated rings. The number of hydrogen-bond acceptors (Lipinski definition) is 5. The molecule has 0 unspecified atom stereocenters. The van der Waals surface area contributed by atoms with Crippen molar-refractivity contribution in [1.82, 2.24) is 9.78 Å². The van der Waals surface area contributed by atoms with Gasteiger partial charge in [0.25, 0.3) is 0 Å². The van der Waals surface area contributed by atoms with E-state index in [4.69, 9.17) is 13.9 Å². The Hall–Kier alpha value is -2.24. The highest BCUT2D eigenvalue weighted by Crippen LogP contribution is 2.31. The zero-order valence-electron chi connectivity index (χ0n) is 10.8. The number of benzene rings is 1. The van der Waals surface area contributed by atoms with Crippen molar-refractivity contribution in [3.8, 4) is 17.5 Å². The molecule has 6 nitrogen and oxygen atoms in total. The third-order valence-electron chi connectivity index (χ3n) is 2.79. The molecule has 1 aromatic carbocycles. The Kier molecular flexibility index (Phi) is 2.77. The van der Waals surface area contributed by atoms with Crippen molar-refractivity contribution in [3.63, 3.8) is 0 Å². The van der Waals surface area contributed by atoms with E-state index < -0.39 is 5.76 Å². The van der Waals surface area contributed by atoms with E-state index in [2.05, 4.69) is 5.10 Å². The van der Waals surface area contributed by atoms with Crippen molar-refractivity contribution in [2.75, 3.05) is 6.61 Å². The second-order valence-electron chi connectivity index (χ2n) is 4.58. The van der Waals surface area contributed by atoms with Crippen molar-refractivity contribution >= 4 is 0 Å². The first-order chi connectivity index (χ1) is 9.15. The molecule has 1 aromatic heterocycles. The molecule has 1 aliphatic heterocycles. The topological polar surface area (TPSA) is 66.5 Å². The van der Waals surface area contributed by atoms with Crippen molar-refractivity contribution < 1.29 is 13.9 Å². The summed E-state index contributed by atoms with van der Waals surface area (Å²) < 4.78 is 17.0. The van der Waals surface area contributed by atoms with Crippen molar-refractivity contribution in [2.45, 2.75) is 26.4 Å². The van der Waals surface area contributed by atoms with E-state index in [1.807, 2.05) is 26.0 Å². The molecule has 6 heteroatoms. The molecule has 0 spiro atoms. The zero-order chi connectivity index (χ0) is 13.4. The maximum Gasteiger partial charge on any atom is 0.444 e. The Bertz CT molecular complexity index is 657. The Morgan fingerprint density at radius 1 is 1.42 bits per heavy atom. The molecule has 3 rings (SSSR count). The Morgan fingerprint density at radius 3 is 3.05 bits per heavy atom. The molecule has 0 amide bonds. The number of aromatic nitrogens is 2. The predicted octanol–water partition coefficient (Wildman–Crippen LogP) is 1.55. The largest absolute Gasteiger partial charge is 0.491 e. The summed E-state index contributed by atoms with van der Waals surface area (Å²) in [5, 5.41) is 4.03. The van der Waals surface area contributed by atoms with Gasteiger partial charge in [-0.2, -0.15) is 4.68 Å². The van der Waals surface area contributed by atoms with Gasteiger partial charge in [0, 0.05) is 6.42 Å². The lowest BCUT2D eigenvalue weighted by Crippen LogP contribution is -2.14. The Morgan fingerprint density at radius 2 is 2.26 bits per heavy atom. The summed E-state index contributed by atoms with van der Waals surface area (Å²) in [6.45, 7) is 4.29. The average Bonchev–Trinajstić information content (AvgIpc) is 2.94. The summed E-state index contributed by atoms with van der Waals surface area (Å²) >= 11 is 0. The van der Waals surface area contributed by atoms with Crippen molar-refractivity contribution in [3.05, 3.63) is 34.3 Å². The Balaban J connectivity index is 2.06. The van der Waals surface area contributed by atoms with Crippen molar-refractivity contribution in [2.24, 2.45) is 0 Å². The predicted molar refractivity (Wildman–Crippen MR) is 67.1 cm³/mol. The molecule has 0 bridgehead atoms. The van der Waals surface area contributed by atoms with Gasteiger partial charge >= 0.3 is 11.8 Å². The van der Waals surface area contributed by atoms with Crippen LogP contribution in [0.2, 0.25) is 0 Å². The van der Waals surface area contributed by atoms with Crippen LogP contribution in [0, 0.1) is 0 Å². The monoisotopic (exact) mass is 262 g/mol. The molecule has 100 valence electrons. The van der Waals surface area contributed by atoms with Crippen LogP contribution in [0.25, 0.3) is 5.69 Å². The molecule has 1 aliphatic rings. The van der Waals surface area contributed by atoms with Gasteiger partial charge in [-0.1, -0.05) is 17.2 Å². The fourth-order valence-corrected chi connectivity index (χ4v) is 2.03. The number of para-hydroxylation sites is 1. The van der Waals surface area contributed by atoms with Crippen LogP contribution in [-0.2, 0) is 6.42 Å². The number of fused-ring (bicyclic) bond motifs is 1. The minimum absolute atomic E-state index is 0.0319. The molecular weight excluding hydrogens is 248 g/mol. The zero-order valence-corrected chi connectivity index (χ0v) is 10.8. The second kappa shape index (κ2) is 4.46. The fraction of sp³-hybridized carbons (Fsp3) is 0.385. The first-order valence-corrected chi connectivity index (χ1v) is 6.17. The van der Waals surface area contributed by atoms with E-state index in [0.29, 0.717) is 18.0 Å². The normalized spacial score (nSPS) is 13.4. The quantitative estimate of drug-likeness (QED) is 0.839. The van der Waals surface area contributed by atoms with E-state index >= 15 is 0 Å². The molecule has 19 heavy (non-hydrogen) atoms. The molecule has 0 aliphatic carbocycles. The summed E-state index contributed by atoms with van der Waals surface area (Å²) in [4.78, 5) is 11.8. The molecule has 0 saturated heterocycles. The first kappa shape index (κ1) is 11.8. The van der Waals surface area contributed by atoms with Gasteiger partial charge < -0.3 is 13.9 Å². The fourth-order valence-electron chi connectivity index (χ4n) is 2.03. The minimum Gasteiger partial charge on any atom is -0.491 e. The van der Waals surface area contributed by atoms with Gasteiger partial charge in [-0.25, -0.2) is 4.79 Å². The van der Waals surface area contributed by atoms with Gasteiger partial charge in [-0.05, 0) is 25.5 Å². The number of nitrogens with zero attached hydrogens (tertiary/aromatic N) is 2. The van der Waals surface area contributed by atoms with Crippen LogP contribution in [0.4, 0.5) is 0 Å². The summed E-state index contributed by atoms with van der Waals surface area (Å²) in [5.41, 5.74) is 1.65. The van der Waals surface area contributed by atoms with Crippen molar-refractivity contribution in [1.29, 1.82) is 0 Å². The maximum absolute atomic E-state index is 11.8. The summed E-state index contributed by atoms with van der Waals surface area (Å²) in [7, 11) is 0. The molecule has 0 N–H and O–H groups in total. The second-order valence-corrected chi connectivity index (χ2v) is 4.58. The van der Waals surface area contributed by atoms with Gasteiger partial charge in [0.1, 0.15) is 11.4 Å². The summed E-state index contributed by atoms with van der Waals surface area (Å²) in [6, 6.07) is 5.61.